The Kier molecular flexibility index (Phi) is 3.91. The van der Waals surface area contributed by atoms with Crippen molar-refractivity contribution in [2.75, 3.05) is 18.0 Å². The van der Waals surface area contributed by atoms with Gasteiger partial charge in [0.1, 0.15) is 11.6 Å². The molecule has 0 radical (unpaired) electrons. The highest BCUT2D eigenvalue weighted by molar-refractivity contribution is 5.99. The van der Waals surface area contributed by atoms with Crippen LogP contribution in [0.4, 0.5) is 14.5 Å². The lowest BCUT2D eigenvalue weighted by molar-refractivity contribution is -0.118. The van der Waals surface area contributed by atoms with E-state index in [-0.39, 0.29) is 11.9 Å². The summed E-state index contributed by atoms with van der Waals surface area (Å²) in [7, 11) is 0. The first-order chi connectivity index (χ1) is 8.61. The standard InChI is InChI=1S/C13H16F2N2O/c1-2-4-16-12-3-5-17(13(12)18)11-7-9(14)6-10(15)8-11/h6-8,12,16H,2-5H2,1H3. The molecule has 5 heteroatoms. The van der Waals surface area contributed by atoms with Crippen LogP contribution in [0.5, 0.6) is 0 Å². The first-order valence-corrected chi connectivity index (χ1v) is 6.12. The Bertz CT molecular complexity index is 430. The highest BCUT2D eigenvalue weighted by Gasteiger charge is 2.32. The summed E-state index contributed by atoms with van der Waals surface area (Å²) in [5.41, 5.74) is 0.290. The number of anilines is 1. The minimum atomic E-state index is -0.664. The van der Waals surface area contributed by atoms with Gasteiger partial charge in [0, 0.05) is 18.3 Å². The highest BCUT2D eigenvalue weighted by Crippen LogP contribution is 2.23. The van der Waals surface area contributed by atoms with Gasteiger partial charge in [-0.05, 0) is 31.5 Å². The van der Waals surface area contributed by atoms with Crippen LogP contribution in [-0.4, -0.2) is 25.0 Å². The molecular weight excluding hydrogens is 238 g/mol. The number of benzene rings is 1. The van der Waals surface area contributed by atoms with Crippen LogP contribution in [0, 0.1) is 11.6 Å². The third kappa shape index (κ3) is 2.67. The molecule has 1 amide bonds. The summed E-state index contributed by atoms with van der Waals surface area (Å²) in [4.78, 5) is 13.5. The summed E-state index contributed by atoms with van der Waals surface area (Å²) in [5.74, 6) is -1.45. The summed E-state index contributed by atoms with van der Waals surface area (Å²) >= 11 is 0. The maximum Gasteiger partial charge on any atom is 0.244 e. The monoisotopic (exact) mass is 254 g/mol. The molecule has 1 fully saturated rings. The quantitative estimate of drug-likeness (QED) is 0.892. The number of nitrogens with zero attached hydrogens (tertiary/aromatic N) is 1. The fourth-order valence-electron chi connectivity index (χ4n) is 2.14. The lowest BCUT2D eigenvalue weighted by atomic mass is 10.2. The topological polar surface area (TPSA) is 32.3 Å². The van der Waals surface area contributed by atoms with E-state index in [9.17, 15) is 13.6 Å². The summed E-state index contributed by atoms with van der Waals surface area (Å²) in [6.45, 7) is 3.27. The van der Waals surface area contributed by atoms with Gasteiger partial charge in [0.15, 0.2) is 0 Å². The molecule has 1 aliphatic heterocycles. The molecule has 0 bridgehead atoms. The van der Waals surface area contributed by atoms with E-state index >= 15 is 0 Å². The zero-order valence-corrected chi connectivity index (χ0v) is 10.2. The largest absolute Gasteiger partial charge is 0.311 e. The van der Waals surface area contributed by atoms with Gasteiger partial charge in [0.25, 0.3) is 0 Å². The predicted octanol–water partition coefficient (Wildman–Crippen LogP) is 2.07. The third-order valence-corrected chi connectivity index (χ3v) is 3.01. The molecule has 1 aromatic carbocycles. The third-order valence-electron chi connectivity index (χ3n) is 3.01. The average Bonchev–Trinajstić information content (AvgIpc) is 2.67. The molecule has 0 spiro atoms. The number of carbonyl (C=O) groups excluding carboxylic acids is 1. The van der Waals surface area contributed by atoms with Gasteiger partial charge in [0.05, 0.1) is 6.04 Å². The van der Waals surface area contributed by atoms with Crippen LogP contribution in [0.3, 0.4) is 0 Å². The van der Waals surface area contributed by atoms with Crippen LogP contribution in [0.2, 0.25) is 0 Å². The molecule has 0 aliphatic carbocycles. The summed E-state index contributed by atoms with van der Waals surface area (Å²) < 4.78 is 26.2. The summed E-state index contributed by atoms with van der Waals surface area (Å²) in [5, 5.41) is 3.13. The van der Waals surface area contributed by atoms with Gasteiger partial charge >= 0.3 is 0 Å². The molecule has 1 atom stereocenters. The smallest absolute Gasteiger partial charge is 0.244 e. The van der Waals surface area contributed by atoms with E-state index in [1.807, 2.05) is 6.92 Å². The van der Waals surface area contributed by atoms with Crippen molar-refractivity contribution in [2.45, 2.75) is 25.8 Å². The van der Waals surface area contributed by atoms with Gasteiger partial charge in [-0.25, -0.2) is 8.78 Å². The summed E-state index contributed by atoms with van der Waals surface area (Å²) in [6, 6.07) is 2.93. The van der Waals surface area contributed by atoms with Crippen LogP contribution < -0.4 is 10.2 Å². The molecule has 2 rings (SSSR count). The molecule has 1 N–H and O–H groups in total. The Balaban J connectivity index is 2.13. The summed E-state index contributed by atoms with van der Waals surface area (Å²) in [6.07, 6.45) is 1.61. The number of hydrogen-bond acceptors (Lipinski definition) is 2. The van der Waals surface area contributed by atoms with E-state index in [1.54, 1.807) is 0 Å². The van der Waals surface area contributed by atoms with Gasteiger partial charge in [-0.3, -0.25) is 4.79 Å². The Morgan fingerprint density at radius 1 is 1.33 bits per heavy atom. The highest BCUT2D eigenvalue weighted by atomic mass is 19.1. The van der Waals surface area contributed by atoms with E-state index in [0.29, 0.717) is 18.7 Å². The van der Waals surface area contributed by atoms with E-state index in [4.69, 9.17) is 0 Å². The van der Waals surface area contributed by atoms with E-state index in [1.165, 1.54) is 17.0 Å². The van der Waals surface area contributed by atoms with Gasteiger partial charge in [-0.2, -0.15) is 0 Å². The van der Waals surface area contributed by atoms with E-state index < -0.39 is 11.6 Å². The predicted molar refractivity (Wildman–Crippen MR) is 65.4 cm³/mol. The zero-order chi connectivity index (χ0) is 13.1. The maximum absolute atomic E-state index is 13.1. The molecule has 1 aliphatic rings. The molecule has 1 heterocycles. The van der Waals surface area contributed by atoms with Gasteiger partial charge in [-0.15, -0.1) is 0 Å². The lowest BCUT2D eigenvalue weighted by Crippen LogP contribution is -2.38. The lowest BCUT2D eigenvalue weighted by Gasteiger charge is -2.17. The first-order valence-electron chi connectivity index (χ1n) is 6.12. The number of rotatable bonds is 4. The van der Waals surface area contributed by atoms with Crippen molar-refractivity contribution in [2.24, 2.45) is 0 Å². The second-order valence-corrected chi connectivity index (χ2v) is 4.41. The van der Waals surface area contributed by atoms with Crippen molar-refractivity contribution < 1.29 is 13.6 Å². The van der Waals surface area contributed by atoms with Crippen molar-refractivity contribution >= 4 is 11.6 Å². The van der Waals surface area contributed by atoms with Crippen molar-refractivity contribution in [3.63, 3.8) is 0 Å². The Morgan fingerprint density at radius 3 is 2.61 bits per heavy atom. The Morgan fingerprint density at radius 2 is 2.00 bits per heavy atom. The molecular formula is C13H16F2N2O. The second-order valence-electron chi connectivity index (χ2n) is 4.41. The van der Waals surface area contributed by atoms with Crippen molar-refractivity contribution in [3.05, 3.63) is 29.8 Å². The maximum atomic E-state index is 13.1. The minimum absolute atomic E-state index is 0.117. The first kappa shape index (κ1) is 13.0. The van der Waals surface area contributed by atoms with Crippen LogP contribution in [-0.2, 0) is 4.79 Å². The van der Waals surface area contributed by atoms with Crippen LogP contribution in [0.15, 0.2) is 18.2 Å². The van der Waals surface area contributed by atoms with Crippen molar-refractivity contribution in [3.8, 4) is 0 Å². The molecule has 98 valence electrons. The minimum Gasteiger partial charge on any atom is -0.311 e. The molecule has 3 nitrogen and oxygen atoms in total. The normalized spacial score (nSPS) is 19.6. The Hall–Kier alpha value is -1.49. The molecule has 1 unspecified atom stereocenters. The van der Waals surface area contributed by atoms with Crippen molar-refractivity contribution in [1.29, 1.82) is 0 Å². The fourth-order valence-corrected chi connectivity index (χ4v) is 2.14. The second kappa shape index (κ2) is 5.44. The number of amides is 1. The fraction of sp³-hybridized carbons (Fsp3) is 0.462. The van der Waals surface area contributed by atoms with Gasteiger partial charge in [-0.1, -0.05) is 6.92 Å². The molecule has 1 aromatic rings. The van der Waals surface area contributed by atoms with E-state index in [2.05, 4.69) is 5.32 Å². The molecule has 0 aromatic heterocycles. The Labute approximate surface area is 105 Å². The van der Waals surface area contributed by atoms with Crippen LogP contribution >= 0.6 is 0 Å². The average molecular weight is 254 g/mol. The van der Waals surface area contributed by atoms with Crippen LogP contribution in [0.25, 0.3) is 0 Å². The molecule has 0 saturated carbocycles. The van der Waals surface area contributed by atoms with E-state index in [0.717, 1.165) is 19.0 Å². The number of nitrogens with one attached hydrogen (secondary N) is 1. The van der Waals surface area contributed by atoms with Gasteiger partial charge in [0.2, 0.25) is 5.91 Å². The zero-order valence-electron chi connectivity index (χ0n) is 10.2. The van der Waals surface area contributed by atoms with Crippen LogP contribution in [0.1, 0.15) is 19.8 Å². The molecule has 18 heavy (non-hydrogen) atoms. The SMILES string of the molecule is CCCNC1CCN(c2cc(F)cc(F)c2)C1=O. The number of carbonyl (C=O) groups is 1. The van der Waals surface area contributed by atoms with Crippen molar-refractivity contribution in [1.82, 2.24) is 5.32 Å². The number of halogens is 2. The number of hydrogen-bond donors (Lipinski definition) is 1. The molecule has 1 saturated heterocycles. The van der Waals surface area contributed by atoms with Gasteiger partial charge < -0.3 is 10.2 Å².